The summed E-state index contributed by atoms with van der Waals surface area (Å²) in [4.78, 5) is 13.4. The Balaban J connectivity index is 1.76. The van der Waals surface area contributed by atoms with E-state index in [0.717, 1.165) is 10.6 Å². The minimum atomic E-state index is -0.286. The summed E-state index contributed by atoms with van der Waals surface area (Å²) < 4.78 is 7.35. The Morgan fingerprint density at radius 1 is 1.32 bits per heavy atom. The first-order valence-electron chi connectivity index (χ1n) is 8.00. The second kappa shape index (κ2) is 7.52. The third-order valence-corrected chi connectivity index (χ3v) is 4.31. The SMILES string of the molecule is CCSc1cccc(C(=O)Nc2nnc(-c3ccnn3C(C)C)o2)c1. The lowest BCUT2D eigenvalue weighted by atomic mass is 10.2. The van der Waals surface area contributed by atoms with Crippen molar-refractivity contribution in [2.75, 3.05) is 11.1 Å². The van der Waals surface area contributed by atoms with Crippen molar-refractivity contribution >= 4 is 23.7 Å². The maximum Gasteiger partial charge on any atom is 0.322 e. The molecule has 0 spiro atoms. The number of nitrogens with one attached hydrogen (secondary N) is 1. The van der Waals surface area contributed by atoms with Crippen molar-refractivity contribution in [3.05, 3.63) is 42.1 Å². The van der Waals surface area contributed by atoms with Crippen LogP contribution in [-0.4, -0.2) is 31.6 Å². The van der Waals surface area contributed by atoms with Gasteiger partial charge in [0, 0.05) is 22.7 Å². The highest BCUT2D eigenvalue weighted by molar-refractivity contribution is 7.99. The predicted molar refractivity (Wildman–Crippen MR) is 96.7 cm³/mol. The van der Waals surface area contributed by atoms with E-state index in [0.29, 0.717) is 17.1 Å². The van der Waals surface area contributed by atoms with Crippen molar-refractivity contribution in [3.63, 3.8) is 0 Å². The van der Waals surface area contributed by atoms with Crippen molar-refractivity contribution in [1.29, 1.82) is 0 Å². The lowest BCUT2D eigenvalue weighted by Gasteiger charge is -2.07. The molecule has 7 nitrogen and oxygen atoms in total. The molecule has 2 aromatic heterocycles. The fourth-order valence-electron chi connectivity index (χ4n) is 2.34. The first-order valence-corrected chi connectivity index (χ1v) is 8.98. The van der Waals surface area contributed by atoms with Crippen LogP contribution in [-0.2, 0) is 0 Å². The number of benzene rings is 1. The van der Waals surface area contributed by atoms with Gasteiger partial charge in [-0.05, 0) is 43.9 Å². The number of rotatable bonds is 6. The molecule has 0 unspecified atom stereocenters. The number of thioether (sulfide) groups is 1. The highest BCUT2D eigenvalue weighted by atomic mass is 32.2. The molecule has 3 rings (SSSR count). The van der Waals surface area contributed by atoms with Gasteiger partial charge in [-0.3, -0.25) is 14.8 Å². The molecule has 0 radical (unpaired) electrons. The molecule has 0 aliphatic heterocycles. The van der Waals surface area contributed by atoms with Gasteiger partial charge in [0.25, 0.3) is 11.8 Å². The van der Waals surface area contributed by atoms with Gasteiger partial charge in [-0.2, -0.15) is 5.10 Å². The van der Waals surface area contributed by atoms with Crippen LogP contribution in [0.2, 0.25) is 0 Å². The molecular weight excluding hydrogens is 338 g/mol. The van der Waals surface area contributed by atoms with E-state index in [1.807, 2.05) is 32.0 Å². The zero-order chi connectivity index (χ0) is 17.8. The van der Waals surface area contributed by atoms with Crippen LogP contribution < -0.4 is 5.32 Å². The molecule has 0 aliphatic rings. The molecule has 0 saturated carbocycles. The Bertz CT molecular complexity index is 871. The van der Waals surface area contributed by atoms with Gasteiger partial charge < -0.3 is 4.42 Å². The maximum absolute atomic E-state index is 12.4. The Morgan fingerprint density at radius 2 is 2.16 bits per heavy atom. The van der Waals surface area contributed by atoms with Crippen LogP contribution >= 0.6 is 11.8 Å². The Hall–Kier alpha value is -2.61. The number of carbonyl (C=O) groups excluding carboxylic acids is 1. The summed E-state index contributed by atoms with van der Waals surface area (Å²) in [5.74, 6) is 0.977. The van der Waals surface area contributed by atoms with E-state index in [1.165, 1.54) is 0 Å². The molecule has 0 atom stereocenters. The van der Waals surface area contributed by atoms with Crippen LogP contribution in [0.25, 0.3) is 11.6 Å². The lowest BCUT2D eigenvalue weighted by Crippen LogP contribution is -2.12. The number of hydrogen-bond acceptors (Lipinski definition) is 6. The molecule has 1 N–H and O–H groups in total. The highest BCUT2D eigenvalue weighted by Crippen LogP contribution is 2.23. The van der Waals surface area contributed by atoms with Gasteiger partial charge >= 0.3 is 6.01 Å². The van der Waals surface area contributed by atoms with Crippen LogP contribution in [0.5, 0.6) is 0 Å². The molecule has 0 aliphatic carbocycles. The first-order chi connectivity index (χ1) is 12.1. The van der Waals surface area contributed by atoms with Gasteiger partial charge in [0.15, 0.2) is 0 Å². The number of amides is 1. The Labute approximate surface area is 149 Å². The van der Waals surface area contributed by atoms with Crippen LogP contribution in [0.3, 0.4) is 0 Å². The molecule has 0 bridgehead atoms. The second-order valence-corrected chi connectivity index (χ2v) is 6.92. The first kappa shape index (κ1) is 17.2. The third-order valence-electron chi connectivity index (χ3n) is 3.43. The largest absolute Gasteiger partial charge is 0.401 e. The smallest absolute Gasteiger partial charge is 0.322 e. The van der Waals surface area contributed by atoms with Crippen LogP contribution in [0.1, 0.15) is 37.2 Å². The van der Waals surface area contributed by atoms with Crippen molar-refractivity contribution < 1.29 is 9.21 Å². The van der Waals surface area contributed by atoms with Gasteiger partial charge in [0.2, 0.25) is 0 Å². The highest BCUT2D eigenvalue weighted by Gasteiger charge is 2.17. The normalized spacial score (nSPS) is 11.0. The molecule has 1 aromatic carbocycles. The summed E-state index contributed by atoms with van der Waals surface area (Å²) in [5, 5.41) is 14.8. The summed E-state index contributed by atoms with van der Waals surface area (Å²) >= 11 is 1.68. The van der Waals surface area contributed by atoms with Gasteiger partial charge in [-0.25, -0.2) is 0 Å². The van der Waals surface area contributed by atoms with Crippen molar-refractivity contribution in [3.8, 4) is 11.6 Å². The van der Waals surface area contributed by atoms with Gasteiger partial charge in [0.05, 0.1) is 0 Å². The lowest BCUT2D eigenvalue weighted by molar-refractivity contribution is 0.102. The topological polar surface area (TPSA) is 85.8 Å². The number of anilines is 1. The summed E-state index contributed by atoms with van der Waals surface area (Å²) in [7, 11) is 0. The summed E-state index contributed by atoms with van der Waals surface area (Å²) in [6.45, 7) is 6.09. The van der Waals surface area contributed by atoms with Crippen LogP contribution in [0, 0.1) is 0 Å². The molecule has 0 fully saturated rings. The fraction of sp³-hybridized carbons (Fsp3) is 0.294. The quantitative estimate of drug-likeness (QED) is 0.674. The number of carbonyl (C=O) groups is 1. The Kier molecular flexibility index (Phi) is 5.18. The van der Waals surface area contributed by atoms with E-state index in [9.17, 15) is 4.79 Å². The fourth-order valence-corrected chi connectivity index (χ4v) is 3.05. The average molecular weight is 357 g/mol. The van der Waals surface area contributed by atoms with Gasteiger partial charge in [0.1, 0.15) is 5.69 Å². The molecule has 130 valence electrons. The summed E-state index contributed by atoms with van der Waals surface area (Å²) in [6, 6.07) is 9.44. The molecule has 1 amide bonds. The van der Waals surface area contributed by atoms with Crippen LogP contribution in [0.15, 0.2) is 45.8 Å². The van der Waals surface area contributed by atoms with E-state index < -0.39 is 0 Å². The molecule has 2 heterocycles. The monoisotopic (exact) mass is 357 g/mol. The molecule has 25 heavy (non-hydrogen) atoms. The third kappa shape index (κ3) is 3.90. The van der Waals surface area contributed by atoms with Crippen LogP contribution in [0.4, 0.5) is 6.01 Å². The Morgan fingerprint density at radius 3 is 2.92 bits per heavy atom. The van der Waals surface area contributed by atoms with E-state index >= 15 is 0 Å². The minimum Gasteiger partial charge on any atom is -0.401 e. The average Bonchev–Trinajstić information content (AvgIpc) is 3.24. The summed E-state index contributed by atoms with van der Waals surface area (Å²) in [5.41, 5.74) is 1.26. The van der Waals surface area contributed by atoms with E-state index in [2.05, 4.69) is 27.5 Å². The second-order valence-electron chi connectivity index (χ2n) is 5.58. The molecule has 3 aromatic rings. The zero-order valence-electron chi connectivity index (χ0n) is 14.3. The van der Waals surface area contributed by atoms with Gasteiger partial charge in [-0.1, -0.05) is 18.1 Å². The summed E-state index contributed by atoms with van der Waals surface area (Å²) in [6.07, 6.45) is 1.68. The van der Waals surface area contributed by atoms with E-state index in [1.54, 1.807) is 34.8 Å². The molecular formula is C17H19N5O2S. The standard InChI is InChI=1S/C17H19N5O2S/c1-4-25-13-7-5-6-12(10-13)15(23)19-17-21-20-16(24-17)14-8-9-18-22(14)11(2)3/h5-11H,4H2,1-3H3,(H,19,21,23). The molecule has 0 saturated heterocycles. The van der Waals surface area contributed by atoms with E-state index in [4.69, 9.17) is 4.42 Å². The minimum absolute atomic E-state index is 0.0602. The van der Waals surface area contributed by atoms with E-state index in [-0.39, 0.29) is 18.0 Å². The zero-order valence-corrected chi connectivity index (χ0v) is 15.1. The van der Waals surface area contributed by atoms with Crippen molar-refractivity contribution in [2.24, 2.45) is 0 Å². The predicted octanol–water partition coefficient (Wildman–Crippen LogP) is 3.88. The number of hydrogen-bond donors (Lipinski definition) is 1. The van der Waals surface area contributed by atoms with Crippen molar-refractivity contribution in [2.45, 2.75) is 31.7 Å². The van der Waals surface area contributed by atoms with Gasteiger partial charge in [-0.15, -0.1) is 16.9 Å². The maximum atomic E-state index is 12.4. The number of nitrogens with zero attached hydrogens (tertiary/aromatic N) is 4. The molecule has 8 heteroatoms. The van der Waals surface area contributed by atoms with Crippen molar-refractivity contribution in [1.82, 2.24) is 20.0 Å². The number of aromatic nitrogens is 4.